The SMILES string of the molecule is CCOc1ccccc1N1CCN(C(=O)Cn2c(=O)n(S(C)(=O)=O)c3ccccc32)CC1. The van der Waals surface area contributed by atoms with Crippen LogP contribution >= 0.6 is 0 Å². The molecule has 3 aromatic rings. The van der Waals surface area contributed by atoms with Gasteiger partial charge in [0.15, 0.2) is 0 Å². The second kappa shape index (κ2) is 8.70. The Hall–Kier alpha value is -3.27. The highest BCUT2D eigenvalue weighted by Crippen LogP contribution is 2.28. The second-order valence-corrected chi connectivity index (χ2v) is 9.48. The summed E-state index contributed by atoms with van der Waals surface area (Å²) in [5, 5.41) is 0. The lowest BCUT2D eigenvalue weighted by Crippen LogP contribution is -2.50. The molecule has 32 heavy (non-hydrogen) atoms. The van der Waals surface area contributed by atoms with E-state index in [2.05, 4.69) is 4.90 Å². The molecule has 0 aliphatic carbocycles. The van der Waals surface area contributed by atoms with Crippen LogP contribution in [0.2, 0.25) is 0 Å². The predicted octanol–water partition coefficient (Wildman–Crippen LogP) is 1.36. The van der Waals surface area contributed by atoms with Crippen molar-refractivity contribution in [3.8, 4) is 5.75 Å². The summed E-state index contributed by atoms with van der Waals surface area (Å²) < 4.78 is 32.0. The first-order valence-corrected chi connectivity index (χ1v) is 12.3. The summed E-state index contributed by atoms with van der Waals surface area (Å²) in [4.78, 5) is 29.7. The van der Waals surface area contributed by atoms with Crippen LogP contribution in [0.25, 0.3) is 11.0 Å². The van der Waals surface area contributed by atoms with Gasteiger partial charge in [0.2, 0.25) is 15.9 Å². The average Bonchev–Trinajstić information content (AvgIpc) is 3.06. The van der Waals surface area contributed by atoms with Gasteiger partial charge in [0.25, 0.3) is 0 Å². The number of anilines is 1. The Bertz CT molecular complexity index is 1300. The number of piperazine rings is 1. The van der Waals surface area contributed by atoms with Gasteiger partial charge in [0.05, 0.1) is 29.6 Å². The second-order valence-electron chi connectivity index (χ2n) is 7.65. The summed E-state index contributed by atoms with van der Waals surface area (Å²) >= 11 is 0. The van der Waals surface area contributed by atoms with Gasteiger partial charge in [-0.25, -0.2) is 13.2 Å². The first-order valence-electron chi connectivity index (χ1n) is 10.5. The number of nitrogens with zero attached hydrogens (tertiary/aromatic N) is 4. The minimum Gasteiger partial charge on any atom is -0.492 e. The average molecular weight is 459 g/mol. The van der Waals surface area contributed by atoms with Crippen LogP contribution in [0.1, 0.15) is 6.92 Å². The number of ether oxygens (including phenoxy) is 1. The number of aromatic nitrogens is 2. The van der Waals surface area contributed by atoms with E-state index in [4.69, 9.17) is 4.74 Å². The number of imidazole rings is 1. The van der Waals surface area contributed by atoms with Gasteiger partial charge in [0.1, 0.15) is 12.3 Å². The number of benzene rings is 2. The van der Waals surface area contributed by atoms with Crippen molar-refractivity contribution in [1.82, 2.24) is 13.4 Å². The molecular formula is C22H26N4O5S. The van der Waals surface area contributed by atoms with Crippen LogP contribution in [0, 0.1) is 0 Å². The van der Waals surface area contributed by atoms with Gasteiger partial charge in [-0.05, 0) is 31.2 Å². The minimum absolute atomic E-state index is 0.211. The highest BCUT2D eigenvalue weighted by molar-refractivity contribution is 7.89. The quantitative estimate of drug-likeness (QED) is 0.554. The van der Waals surface area contributed by atoms with E-state index in [1.165, 1.54) is 4.57 Å². The molecule has 170 valence electrons. The molecule has 1 aromatic heterocycles. The zero-order chi connectivity index (χ0) is 22.9. The Kier molecular flexibility index (Phi) is 5.96. The number of rotatable bonds is 6. The number of hydrogen-bond acceptors (Lipinski definition) is 6. The lowest BCUT2D eigenvalue weighted by Gasteiger charge is -2.36. The summed E-state index contributed by atoms with van der Waals surface area (Å²) in [6.45, 7) is 4.57. The fraction of sp³-hybridized carbons (Fsp3) is 0.364. The third-order valence-electron chi connectivity index (χ3n) is 5.56. The van der Waals surface area contributed by atoms with Gasteiger partial charge in [0, 0.05) is 26.2 Å². The smallest absolute Gasteiger partial charge is 0.343 e. The summed E-state index contributed by atoms with van der Waals surface area (Å²) in [6.07, 6.45) is 0.978. The topological polar surface area (TPSA) is 93.8 Å². The van der Waals surface area contributed by atoms with Crippen molar-refractivity contribution in [2.45, 2.75) is 13.5 Å². The van der Waals surface area contributed by atoms with Crippen LogP contribution in [0.4, 0.5) is 5.69 Å². The lowest BCUT2D eigenvalue weighted by atomic mass is 10.2. The van der Waals surface area contributed by atoms with Crippen LogP contribution in [-0.4, -0.2) is 66.8 Å². The van der Waals surface area contributed by atoms with Gasteiger partial charge < -0.3 is 14.5 Å². The zero-order valence-electron chi connectivity index (χ0n) is 18.1. The van der Waals surface area contributed by atoms with Crippen molar-refractivity contribution < 1.29 is 17.9 Å². The van der Waals surface area contributed by atoms with Crippen molar-refractivity contribution in [3.63, 3.8) is 0 Å². The van der Waals surface area contributed by atoms with E-state index < -0.39 is 15.7 Å². The van der Waals surface area contributed by atoms with Crippen molar-refractivity contribution in [3.05, 3.63) is 59.0 Å². The normalized spacial score (nSPS) is 14.7. The van der Waals surface area contributed by atoms with Crippen LogP contribution in [-0.2, 0) is 21.4 Å². The van der Waals surface area contributed by atoms with Crippen molar-refractivity contribution in [2.75, 3.05) is 43.9 Å². The molecule has 0 radical (unpaired) electrons. The molecular weight excluding hydrogens is 432 g/mol. The molecule has 1 saturated heterocycles. The van der Waals surface area contributed by atoms with E-state index in [1.807, 2.05) is 31.2 Å². The zero-order valence-corrected chi connectivity index (χ0v) is 18.9. The fourth-order valence-corrected chi connectivity index (χ4v) is 4.98. The molecule has 0 atom stereocenters. The molecule has 9 nitrogen and oxygen atoms in total. The number of amides is 1. The Balaban J connectivity index is 1.52. The maximum atomic E-state index is 13.0. The predicted molar refractivity (Wildman–Crippen MR) is 123 cm³/mol. The largest absolute Gasteiger partial charge is 0.492 e. The van der Waals surface area contributed by atoms with Gasteiger partial charge in [-0.3, -0.25) is 9.36 Å². The fourth-order valence-electron chi connectivity index (χ4n) is 4.08. The maximum Gasteiger partial charge on any atom is 0.343 e. The Morgan fingerprint density at radius 2 is 1.59 bits per heavy atom. The van der Waals surface area contributed by atoms with Crippen LogP contribution < -0.4 is 15.3 Å². The number of carbonyl (C=O) groups is 1. The highest BCUT2D eigenvalue weighted by atomic mass is 32.2. The van der Waals surface area contributed by atoms with Crippen LogP contribution in [0.15, 0.2) is 53.3 Å². The molecule has 1 aliphatic heterocycles. The number of fused-ring (bicyclic) bond motifs is 1. The van der Waals surface area contributed by atoms with Crippen LogP contribution in [0.5, 0.6) is 5.75 Å². The molecule has 1 aliphatic rings. The van der Waals surface area contributed by atoms with Gasteiger partial charge in [-0.1, -0.05) is 24.3 Å². The summed E-state index contributed by atoms with van der Waals surface area (Å²) in [5.74, 6) is 0.594. The summed E-state index contributed by atoms with van der Waals surface area (Å²) in [6, 6.07) is 14.4. The molecule has 0 bridgehead atoms. The van der Waals surface area contributed by atoms with E-state index in [9.17, 15) is 18.0 Å². The molecule has 10 heteroatoms. The van der Waals surface area contributed by atoms with Gasteiger partial charge >= 0.3 is 5.69 Å². The molecule has 2 aromatic carbocycles. The molecule has 1 fully saturated rings. The first kappa shape index (κ1) is 21.9. The molecule has 0 spiro atoms. The Morgan fingerprint density at radius 3 is 2.25 bits per heavy atom. The number of hydrogen-bond donors (Lipinski definition) is 0. The molecule has 1 amide bonds. The minimum atomic E-state index is -3.81. The first-order chi connectivity index (χ1) is 15.3. The third kappa shape index (κ3) is 4.10. The van der Waals surface area contributed by atoms with E-state index in [0.717, 1.165) is 21.7 Å². The molecule has 2 heterocycles. The number of carbonyl (C=O) groups excluding carboxylic acids is 1. The molecule has 4 rings (SSSR count). The van der Waals surface area contributed by atoms with Gasteiger partial charge in [-0.2, -0.15) is 3.97 Å². The Labute approximate surface area is 186 Å². The summed E-state index contributed by atoms with van der Waals surface area (Å²) in [5.41, 5.74) is 0.950. The molecule has 0 saturated carbocycles. The van der Waals surface area contributed by atoms with E-state index in [1.54, 1.807) is 29.2 Å². The Morgan fingerprint density at radius 1 is 0.969 bits per heavy atom. The molecule has 0 N–H and O–H groups in total. The van der Waals surface area contributed by atoms with E-state index >= 15 is 0 Å². The van der Waals surface area contributed by atoms with Gasteiger partial charge in [-0.15, -0.1) is 0 Å². The van der Waals surface area contributed by atoms with Crippen LogP contribution in [0.3, 0.4) is 0 Å². The lowest BCUT2D eigenvalue weighted by molar-refractivity contribution is -0.132. The highest BCUT2D eigenvalue weighted by Gasteiger charge is 2.26. The monoisotopic (exact) mass is 458 g/mol. The summed E-state index contributed by atoms with van der Waals surface area (Å²) in [7, 11) is -3.81. The maximum absolute atomic E-state index is 13.0. The number of para-hydroxylation sites is 4. The standard InChI is InChI=1S/C22H26N4O5S/c1-3-31-20-11-7-6-10-19(20)23-12-14-24(15-13-23)21(27)16-25-17-8-4-5-9-18(17)26(22(25)28)32(2,29)30/h4-11H,3,12-16H2,1-2H3. The third-order valence-corrected chi connectivity index (χ3v) is 6.58. The van der Waals surface area contributed by atoms with Crippen molar-refractivity contribution in [2.24, 2.45) is 0 Å². The molecule has 0 unspecified atom stereocenters. The van der Waals surface area contributed by atoms with Crippen molar-refractivity contribution in [1.29, 1.82) is 0 Å². The van der Waals surface area contributed by atoms with E-state index in [0.29, 0.717) is 38.3 Å². The van der Waals surface area contributed by atoms with Crippen molar-refractivity contribution >= 4 is 32.7 Å². The van der Waals surface area contributed by atoms with E-state index in [-0.39, 0.29) is 18.0 Å².